The van der Waals surface area contributed by atoms with Gasteiger partial charge in [-0.15, -0.1) is 0 Å². The number of hydrogen-bond acceptors (Lipinski definition) is 5. The second-order valence-electron chi connectivity index (χ2n) is 4.96. The molecule has 1 aromatic carbocycles. The number of nitrogens with zero attached hydrogens (tertiary/aromatic N) is 1. The van der Waals surface area contributed by atoms with E-state index >= 15 is 0 Å². The summed E-state index contributed by atoms with van der Waals surface area (Å²) in [7, 11) is 1.26. The average Bonchev–Trinajstić information content (AvgIpc) is 2.52. The SMILES string of the molecule is COC(=O)CCC(=O)c1ncc(-c2cccc(C)c2)cc1O. The number of aromatic nitrogens is 1. The Bertz CT molecular complexity index is 710. The van der Waals surface area contributed by atoms with Gasteiger partial charge in [-0.3, -0.25) is 9.59 Å². The highest BCUT2D eigenvalue weighted by atomic mass is 16.5. The molecule has 0 spiro atoms. The predicted octanol–water partition coefficient (Wildman–Crippen LogP) is 2.90. The lowest BCUT2D eigenvalue weighted by Gasteiger charge is -2.07. The van der Waals surface area contributed by atoms with E-state index in [1.807, 2.05) is 31.2 Å². The molecule has 0 atom stereocenters. The number of methoxy groups -OCH3 is 1. The third kappa shape index (κ3) is 3.69. The van der Waals surface area contributed by atoms with Crippen molar-refractivity contribution in [1.29, 1.82) is 0 Å². The number of rotatable bonds is 5. The summed E-state index contributed by atoms with van der Waals surface area (Å²) < 4.78 is 4.48. The Hall–Kier alpha value is -2.69. The number of ether oxygens (including phenoxy) is 1. The molecule has 22 heavy (non-hydrogen) atoms. The minimum absolute atomic E-state index is 0.0275. The highest BCUT2D eigenvalue weighted by Gasteiger charge is 2.15. The molecule has 0 aliphatic rings. The van der Waals surface area contributed by atoms with Crippen LogP contribution in [-0.2, 0) is 9.53 Å². The van der Waals surface area contributed by atoms with Gasteiger partial charge in [0, 0.05) is 18.2 Å². The molecule has 5 nitrogen and oxygen atoms in total. The highest BCUT2D eigenvalue weighted by molar-refractivity contribution is 5.98. The zero-order valence-electron chi connectivity index (χ0n) is 12.5. The van der Waals surface area contributed by atoms with E-state index in [4.69, 9.17) is 0 Å². The fraction of sp³-hybridized carbons (Fsp3) is 0.235. The van der Waals surface area contributed by atoms with Gasteiger partial charge in [-0.1, -0.05) is 29.8 Å². The summed E-state index contributed by atoms with van der Waals surface area (Å²) in [5, 5.41) is 10.0. The number of carbonyl (C=O) groups is 2. The van der Waals surface area contributed by atoms with Crippen molar-refractivity contribution in [2.45, 2.75) is 19.8 Å². The van der Waals surface area contributed by atoms with Crippen LogP contribution in [0.15, 0.2) is 36.5 Å². The largest absolute Gasteiger partial charge is 0.506 e. The number of esters is 1. The van der Waals surface area contributed by atoms with E-state index in [2.05, 4.69) is 9.72 Å². The standard InChI is InChI=1S/C17H17NO4/c1-11-4-3-5-12(8-11)13-9-15(20)17(18-10-13)14(19)6-7-16(21)22-2/h3-5,8-10,20H,6-7H2,1-2H3. The van der Waals surface area contributed by atoms with Crippen LogP contribution in [0.2, 0.25) is 0 Å². The summed E-state index contributed by atoms with van der Waals surface area (Å²) in [5.74, 6) is -1.04. The first-order valence-corrected chi connectivity index (χ1v) is 6.87. The predicted molar refractivity (Wildman–Crippen MR) is 81.7 cm³/mol. The fourth-order valence-corrected chi connectivity index (χ4v) is 2.09. The molecule has 0 bridgehead atoms. The topological polar surface area (TPSA) is 76.5 Å². The van der Waals surface area contributed by atoms with E-state index in [0.717, 1.165) is 16.7 Å². The molecule has 1 heterocycles. The first-order valence-electron chi connectivity index (χ1n) is 6.87. The Morgan fingerprint density at radius 2 is 1.95 bits per heavy atom. The van der Waals surface area contributed by atoms with Gasteiger partial charge in [0.1, 0.15) is 11.4 Å². The number of Topliss-reactive ketones (excluding diaryl/α,β-unsaturated/α-hetero) is 1. The quantitative estimate of drug-likeness (QED) is 0.678. The number of aryl methyl sites for hydroxylation is 1. The molecule has 0 fully saturated rings. The minimum atomic E-state index is -0.468. The van der Waals surface area contributed by atoms with Gasteiger partial charge in [0.05, 0.1) is 13.5 Å². The van der Waals surface area contributed by atoms with Gasteiger partial charge in [0.25, 0.3) is 0 Å². The van der Waals surface area contributed by atoms with Crippen LogP contribution in [0.25, 0.3) is 11.1 Å². The molecule has 0 aliphatic carbocycles. The van der Waals surface area contributed by atoms with Crippen molar-refractivity contribution < 1.29 is 19.4 Å². The first kappa shape index (κ1) is 15.7. The summed E-state index contributed by atoms with van der Waals surface area (Å²) in [4.78, 5) is 27.0. The van der Waals surface area contributed by atoms with Crippen LogP contribution in [-0.4, -0.2) is 29.0 Å². The van der Waals surface area contributed by atoms with E-state index in [1.165, 1.54) is 13.2 Å². The Morgan fingerprint density at radius 1 is 1.18 bits per heavy atom. The summed E-state index contributed by atoms with van der Waals surface area (Å²) in [6.45, 7) is 1.97. The maximum Gasteiger partial charge on any atom is 0.305 e. The highest BCUT2D eigenvalue weighted by Crippen LogP contribution is 2.26. The van der Waals surface area contributed by atoms with Crippen molar-refractivity contribution in [2.75, 3.05) is 7.11 Å². The van der Waals surface area contributed by atoms with Crippen LogP contribution in [0.1, 0.15) is 28.9 Å². The summed E-state index contributed by atoms with van der Waals surface area (Å²) >= 11 is 0. The molecule has 0 saturated heterocycles. The third-order valence-electron chi connectivity index (χ3n) is 3.27. The van der Waals surface area contributed by atoms with Gasteiger partial charge in [-0.05, 0) is 18.6 Å². The lowest BCUT2D eigenvalue weighted by molar-refractivity contribution is -0.140. The molecule has 2 aromatic rings. The summed E-state index contributed by atoms with van der Waals surface area (Å²) in [6, 6.07) is 9.27. The van der Waals surface area contributed by atoms with Crippen LogP contribution < -0.4 is 0 Å². The molecule has 0 amide bonds. The smallest absolute Gasteiger partial charge is 0.305 e. The molecule has 5 heteroatoms. The molecule has 0 saturated carbocycles. The maximum absolute atomic E-state index is 12.0. The van der Waals surface area contributed by atoms with Gasteiger partial charge >= 0.3 is 5.97 Å². The molecule has 0 unspecified atom stereocenters. The number of aromatic hydroxyl groups is 1. The third-order valence-corrected chi connectivity index (χ3v) is 3.27. The maximum atomic E-state index is 12.0. The zero-order valence-corrected chi connectivity index (χ0v) is 12.5. The van der Waals surface area contributed by atoms with Crippen molar-refractivity contribution in [3.8, 4) is 16.9 Å². The monoisotopic (exact) mass is 299 g/mol. The second-order valence-corrected chi connectivity index (χ2v) is 4.96. The fourth-order valence-electron chi connectivity index (χ4n) is 2.09. The number of pyridine rings is 1. The van der Waals surface area contributed by atoms with E-state index in [9.17, 15) is 14.7 Å². The lowest BCUT2D eigenvalue weighted by Crippen LogP contribution is -2.07. The van der Waals surface area contributed by atoms with Gasteiger partial charge < -0.3 is 9.84 Å². The van der Waals surface area contributed by atoms with Crippen LogP contribution in [0.4, 0.5) is 0 Å². The number of hydrogen-bond donors (Lipinski definition) is 1. The zero-order chi connectivity index (χ0) is 16.1. The molecule has 0 radical (unpaired) electrons. The summed E-state index contributed by atoms with van der Waals surface area (Å²) in [5.41, 5.74) is 2.71. The van der Waals surface area contributed by atoms with Crippen molar-refractivity contribution in [2.24, 2.45) is 0 Å². The van der Waals surface area contributed by atoms with Gasteiger partial charge in [0.2, 0.25) is 0 Å². The Labute approximate surface area is 128 Å². The lowest BCUT2D eigenvalue weighted by atomic mass is 10.0. The van der Waals surface area contributed by atoms with Crippen LogP contribution in [0.5, 0.6) is 5.75 Å². The minimum Gasteiger partial charge on any atom is -0.506 e. The average molecular weight is 299 g/mol. The molecule has 0 aliphatic heterocycles. The number of carbonyl (C=O) groups excluding carboxylic acids is 2. The van der Waals surface area contributed by atoms with Gasteiger partial charge in [-0.2, -0.15) is 0 Å². The molecule has 1 N–H and O–H groups in total. The summed E-state index contributed by atoms with van der Waals surface area (Å²) in [6.07, 6.45) is 1.47. The molecule has 1 aromatic heterocycles. The molecular formula is C17H17NO4. The van der Waals surface area contributed by atoms with Crippen LogP contribution >= 0.6 is 0 Å². The van der Waals surface area contributed by atoms with Crippen LogP contribution in [0.3, 0.4) is 0 Å². The van der Waals surface area contributed by atoms with Crippen molar-refractivity contribution in [3.05, 3.63) is 47.8 Å². The van der Waals surface area contributed by atoms with Crippen LogP contribution in [0, 0.1) is 6.92 Å². The number of ketones is 1. The first-order chi connectivity index (χ1) is 10.5. The molecular weight excluding hydrogens is 282 g/mol. The Kier molecular flexibility index (Phi) is 4.88. The molecule has 114 valence electrons. The second kappa shape index (κ2) is 6.85. The van der Waals surface area contributed by atoms with Gasteiger partial charge in [0.15, 0.2) is 5.78 Å². The van der Waals surface area contributed by atoms with Crippen molar-refractivity contribution in [3.63, 3.8) is 0 Å². The van der Waals surface area contributed by atoms with Crippen molar-refractivity contribution >= 4 is 11.8 Å². The Balaban J connectivity index is 2.19. The Morgan fingerprint density at radius 3 is 2.59 bits per heavy atom. The van der Waals surface area contributed by atoms with E-state index < -0.39 is 11.8 Å². The normalized spacial score (nSPS) is 10.3. The molecule has 2 rings (SSSR count). The van der Waals surface area contributed by atoms with E-state index in [-0.39, 0.29) is 24.3 Å². The van der Waals surface area contributed by atoms with Gasteiger partial charge in [-0.25, -0.2) is 4.98 Å². The van der Waals surface area contributed by atoms with E-state index in [0.29, 0.717) is 0 Å². The number of benzene rings is 1. The van der Waals surface area contributed by atoms with Crippen molar-refractivity contribution in [1.82, 2.24) is 4.98 Å². The van der Waals surface area contributed by atoms with E-state index in [1.54, 1.807) is 6.20 Å².